The Labute approximate surface area is 147 Å². The van der Waals surface area contributed by atoms with Crippen molar-refractivity contribution in [2.24, 2.45) is 0 Å². The Kier molecular flexibility index (Phi) is 5.10. The molecule has 0 aromatic heterocycles. The second kappa shape index (κ2) is 7.11. The third-order valence-corrected chi connectivity index (χ3v) is 5.62. The van der Waals surface area contributed by atoms with Gasteiger partial charge in [-0.2, -0.15) is 0 Å². The maximum absolute atomic E-state index is 12.7. The van der Waals surface area contributed by atoms with E-state index in [9.17, 15) is 8.42 Å². The van der Waals surface area contributed by atoms with Gasteiger partial charge in [0.1, 0.15) is 0 Å². The molecule has 0 amide bonds. The zero-order valence-electron chi connectivity index (χ0n) is 13.3. The average molecular weight is 367 g/mol. The van der Waals surface area contributed by atoms with Crippen molar-refractivity contribution >= 4 is 27.3 Å². The van der Waals surface area contributed by atoms with Gasteiger partial charge in [0.15, 0.2) is 0 Å². The molecule has 1 aliphatic heterocycles. The van der Waals surface area contributed by atoms with Crippen LogP contribution in [0.25, 0.3) is 0 Å². The molecule has 2 aromatic rings. The molecule has 24 heavy (non-hydrogen) atoms. The molecular formula is C17H19ClN2O3S. The lowest BCUT2D eigenvalue weighted by atomic mass is 9.97. The third-order valence-electron chi connectivity index (χ3n) is 3.97. The van der Waals surface area contributed by atoms with Crippen LogP contribution < -0.4 is 10.0 Å². The van der Waals surface area contributed by atoms with Crippen molar-refractivity contribution in [3.63, 3.8) is 0 Å². The lowest BCUT2D eigenvalue weighted by molar-refractivity contribution is 0.193. The molecule has 5 nitrogen and oxygen atoms in total. The summed E-state index contributed by atoms with van der Waals surface area (Å²) in [6.45, 7) is 1.35. The first-order valence-corrected chi connectivity index (χ1v) is 9.52. The molecule has 2 N–H and O–H groups in total. The quantitative estimate of drug-likeness (QED) is 0.797. The van der Waals surface area contributed by atoms with Gasteiger partial charge in [-0.3, -0.25) is 4.72 Å². The normalized spacial score (nSPS) is 18.2. The summed E-state index contributed by atoms with van der Waals surface area (Å²) in [6.07, 6.45) is 0.832. The number of methoxy groups -OCH3 is 1. The summed E-state index contributed by atoms with van der Waals surface area (Å²) >= 11 is 6.03. The van der Waals surface area contributed by atoms with E-state index in [4.69, 9.17) is 16.3 Å². The second-order valence-corrected chi connectivity index (χ2v) is 7.70. The van der Waals surface area contributed by atoms with Gasteiger partial charge in [-0.15, -0.1) is 0 Å². The number of benzene rings is 2. The Morgan fingerprint density at radius 2 is 2.00 bits per heavy atom. The highest BCUT2D eigenvalue weighted by Gasteiger charge is 2.30. The van der Waals surface area contributed by atoms with Crippen LogP contribution in [0.1, 0.15) is 23.6 Å². The minimum Gasteiger partial charge on any atom is -0.385 e. The van der Waals surface area contributed by atoms with E-state index in [1.807, 2.05) is 18.2 Å². The molecule has 0 bridgehead atoms. The number of ether oxygens (including phenoxy) is 1. The fourth-order valence-corrected chi connectivity index (χ4v) is 4.47. The molecule has 0 saturated carbocycles. The van der Waals surface area contributed by atoms with Gasteiger partial charge in [-0.25, -0.2) is 8.42 Å². The molecule has 3 rings (SSSR count). The van der Waals surface area contributed by atoms with Crippen LogP contribution in [-0.2, 0) is 14.8 Å². The predicted octanol–water partition coefficient (Wildman–Crippen LogP) is 3.17. The first-order valence-electron chi connectivity index (χ1n) is 7.66. The standard InChI is InChI=1S/C17H19ClN2O3S/c1-23-10-4-9-19-17-13-5-2-3-6-15(13)20-24(21,22)16-11-12(18)7-8-14(16)17/h2-3,5-8,11,17,19-20H,4,9-10H2,1H3. The number of anilines is 1. The fourth-order valence-electron chi connectivity index (χ4n) is 2.87. The van der Waals surface area contributed by atoms with Gasteiger partial charge in [0.2, 0.25) is 0 Å². The predicted molar refractivity (Wildman–Crippen MR) is 95.0 cm³/mol. The highest BCUT2D eigenvalue weighted by Crippen LogP contribution is 2.38. The summed E-state index contributed by atoms with van der Waals surface area (Å²) in [7, 11) is -2.02. The minimum atomic E-state index is -3.68. The van der Waals surface area contributed by atoms with Crippen LogP contribution in [0.15, 0.2) is 47.4 Å². The number of fused-ring (bicyclic) bond motifs is 2. The van der Waals surface area contributed by atoms with Crippen molar-refractivity contribution in [3.05, 3.63) is 58.6 Å². The van der Waals surface area contributed by atoms with Crippen LogP contribution >= 0.6 is 11.6 Å². The smallest absolute Gasteiger partial charge is 0.262 e. The highest BCUT2D eigenvalue weighted by molar-refractivity contribution is 7.92. The molecule has 1 atom stereocenters. The van der Waals surface area contributed by atoms with Gasteiger partial charge in [0.05, 0.1) is 16.6 Å². The van der Waals surface area contributed by atoms with Gasteiger partial charge in [0.25, 0.3) is 10.0 Å². The monoisotopic (exact) mass is 366 g/mol. The number of halogens is 1. The van der Waals surface area contributed by atoms with Crippen LogP contribution in [-0.4, -0.2) is 28.7 Å². The molecule has 0 saturated heterocycles. The van der Waals surface area contributed by atoms with E-state index in [2.05, 4.69) is 10.0 Å². The molecule has 1 aliphatic rings. The summed E-state index contributed by atoms with van der Waals surface area (Å²) in [5.74, 6) is 0. The van der Waals surface area contributed by atoms with Gasteiger partial charge in [-0.05, 0) is 42.3 Å². The fraction of sp³-hybridized carbons (Fsp3) is 0.294. The van der Waals surface area contributed by atoms with Crippen LogP contribution in [0.3, 0.4) is 0 Å². The molecule has 128 valence electrons. The molecule has 2 aromatic carbocycles. The van der Waals surface area contributed by atoms with Crippen molar-refractivity contribution in [1.29, 1.82) is 0 Å². The minimum absolute atomic E-state index is 0.204. The highest BCUT2D eigenvalue weighted by atomic mass is 35.5. The Hall–Kier alpha value is -1.60. The largest absolute Gasteiger partial charge is 0.385 e. The number of nitrogens with one attached hydrogen (secondary N) is 2. The molecule has 0 radical (unpaired) electrons. The van der Waals surface area contributed by atoms with E-state index in [1.165, 1.54) is 6.07 Å². The first-order chi connectivity index (χ1) is 11.5. The van der Waals surface area contributed by atoms with E-state index in [-0.39, 0.29) is 10.9 Å². The molecule has 0 fully saturated rings. The molecule has 0 aliphatic carbocycles. The molecule has 1 unspecified atom stereocenters. The van der Waals surface area contributed by atoms with Crippen LogP contribution in [0.4, 0.5) is 5.69 Å². The Morgan fingerprint density at radius 1 is 1.21 bits per heavy atom. The van der Waals surface area contributed by atoms with Crippen LogP contribution in [0, 0.1) is 0 Å². The average Bonchev–Trinajstić information content (AvgIpc) is 2.64. The van der Waals surface area contributed by atoms with Crippen molar-refractivity contribution < 1.29 is 13.2 Å². The molecule has 7 heteroatoms. The maximum Gasteiger partial charge on any atom is 0.262 e. The van der Waals surface area contributed by atoms with Gasteiger partial charge in [0, 0.05) is 18.7 Å². The molecule has 1 heterocycles. The van der Waals surface area contributed by atoms with E-state index >= 15 is 0 Å². The summed E-state index contributed by atoms with van der Waals surface area (Å²) < 4.78 is 33.2. The van der Waals surface area contributed by atoms with Gasteiger partial charge >= 0.3 is 0 Å². The summed E-state index contributed by atoms with van der Waals surface area (Å²) in [5, 5.41) is 3.83. The van der Waals surface area contributed by atoms with Gasteiger partial charge in [-0.1, -0.05) is 35.9 Å². The number of sulfonamides is 1. The van der Waals surface area contributed by atoms with Crippen molar-refractivity contribution in [2.45, 2.75) is 17.4 Å². The summed E-state index contributed by atoms with van der Waals surface area (Å²) in [6, 6.07) is 12.1. The summed E-state index contributed by atoms with van der Waals surface area (Å²) in [4.78, 5) is 0.204. The lowest BCUT2D eigenvalue weighted by Crippen LogP contribution is -2.24. The third kappa shape index (κ3) is 3.42. The van der Waals surface area contributed by atoms with E-state index in [1.54, 1.807) is 25.3 Å². The van der Waals surface area contributed by atoms with Crippen LogP contribution in [0.2, 0.25) is 5.02 Å². The first kappa shape index (κ1) is 17.2. The number of rotatable bonds is 5. The van der Waals surface area contributed by atoms with E-state index in [0.717, 1.165) is 12.0 Å². The second-order valence-electron chi connectivity index (χ2n) is 5.61. The Bertz CT molecular complexity index is 839. The zero-order valence-corrected chi connectivity index (χ0v) is 14.8. The van der Waals surface area contributed by atoms with E-state index in [0.29, 0.717) is 29.4 Å². The molecule has 0 spiro atoms. The maximum atomic E-state index is 12.7. The zero-order chi connectivity index (χ0) is 17.2. The summed E-state index contributed by atoms with van der Waals surface area (Å²) in [5.41, 5.74) is 2.16. The van der Waals surface area contributed by atoms with Crippen molar-refractivity contribution in [1.82, 2.24) is 5.32 Å². The Morgan fingerprint density at radius 3 is 2.79 bits per heavy atom. The SMILES string of the molecule is COCCCNC1c2ccccc2NS(=O)(=O)c2cc(Cl)ccc21. The van der Waals surface area contributed by atoms with Crippen molar-refractivity contribution in [2.75, 3.05) is 25.0 Å². The number of hydrogen-bond acceptors (Lipinski definition) is 4. The van der Waals surface area contributed by atoms with Gasteiger partial charge < -0.3 is 10.1 Å². The Balaban J connectivity index is 2.09. The molecular weight excluding hydrogens is 348 g/mol. The van der Waals surface area contributed by atoms with Crippen LogP contribution in [0.5, 0.6) is 0 Å². The van der Waals surface area contributed by atoms with Crippen molar-refractivity contribution in [3.8, 4) is 0 Å². The number of para-hydroxylation sites is 1. The topological polar surface area (TPSA) is 67.4 Å². The lowest BCUT2D eigenvalue weighted by Gasteiger charge is -2.20. The number of hydrogen-bond donors (Lipinski definition) is 2. The van der Waals surface area contributed by atoms with E-state index < -0.39 is 10.0 Å².